The second-order valence-electron chi connectivity index (χ2n) is 5.80. The average Bonchev–Trinajstić information content (AvgIpc) is 2.76. The molecule has 1 aromatic heterocycles. The Kier molecular flexibility index (Phi) is 6.61. The van der Waals surface area contributed by atoms with Crippen molar-refractivity contribution in [1.29, 1.82) is 0 Å². The minimum absolute atomic E-state index is 0.555. The van der Waals surface area contributed by atoms with E-state index in [1.807, 2.05) is 0 Å². The molecule has 0 radical (unpaired) electrons. The van der Waals surface area contributed by atoms with Crippen LogP contribution in [-0.2, 0) is 17.7 Å². The molecule has 0 aromatic carbocycles. The van der Waals surface area contributed by atoms with Gasteiger partial charge in [0.25, 0.3) is 0 Å². The van der Waals surface area contributed by atoms with Crippen molar-refractivity contribution in [2.75, 3.05) is 19.8 Å². The number of aryl methyl sites for hydroxylation is 1. The van der Waals surface area contributed by atoms with Crippen LogP contribution < -0.4 is 5.32 Å². The quantitative estimate of drug-likeness (QED) is 0.580. The van der Waals surface area contributed by atoms with Crippen molar-refractivity contribution in [3.8, 4) is 0 Å². The van der Waals surface area contributed by atoms with E-state index in [1.165, 1.54) is 44.1 Å². The highest BCUT2D eigenvalue weighted by Gasteiger charge is 2.19. The van der Waals surface area contributed by atoms with E-state index in [4.69, 9.17) is 4.74 Å². The van der Waals surface area contributed by atoms with Crippen LogP contribution in [0.1, 0.15) is 63.1 Å². The van der Waals surface area contributed by atoms with E-state index < -0.39 is 0 Å². The van der Waals surface area contributed by atoms with Crippen LogP contribution in [-0.4, -0.2) is 24.3 Å². The number of unbranched alkanes of at least 4 members (excludes halogenated alkanes) is 1. The first-order valence-electron chi connectivity index (χ1n) is 8.34. The number of hydrogen-bond acceptors (Lipinski definition) is 2. The van der Waals surface area contributed by atoms with Crippen LogP contribution in [0.3, 0.4) is 0 Å². The maximum Gasteiger partial charge on any atom is 0.0645 e. The predicted molar refractivity (Wildman–Crippen MR) is 84.1 cm³/mol. The van der Waals surface area contributed by atoms with E-state index >= 15 is 0 Å². The Morgan fingerprint density at radius 1 is 1.25 bits per heavy atom. The van der Waals surface area contributed by atoms with Crippen molar-refractivity contribution in [2.45, 2.75) is 65.0 Å². The fourth-order valence-electron chi connectivity index (χ4n) is 3.02. The lowest BCUT2D eigenvalue weighted by molar-refractivity contribution is 0.123. The monoisotopic (exact) mass is 278 g/mol. The van der Waals surface area contributed by atoms with Gasteiger partial charge in [0, 0.05) is 31.6 Å². The third-order valence-corrected chi connectivity index (χ3v) is 4.15. The van der Waals surface area contributed by atoms with Crippen molar-refractivity contribution in [3.63, 3.8) is 0 Å². The van der Waals surface area contributed by atoms with Gasteiger partial charge in [0.05, 0.1) is 6.61 Å². The smallest absolute Gasteiger partial charge is 0.0645 e. The molecule has 2 rings (SSSR count). The summed E-state index contributed by atoms with van der Waals surface area (Å²) < 4.78 is 8.00. The third-order valence-electron chi connectivity index (χ3n) is 4.15. The maximum absolute atomic E-state index is 5.67. The van der Waals surface area contributed by atoms with E-state index in [-0.39, 0.29) is 0 Å². The molecule has 1 aliphatic rings. The van der Waals surface area contributed by atoms with Gasteiger partial charge >= 0.3 is 0 Å². The second kappa shape index (κ2) is 8.48. The number of rotatable bonds is 8. The summed E-state index contributed by atoms with van der Waals surface area (Å²) in [4.78, 5) is 0. The Morgan fingerprint density at radius 2 is 2.15 bits per heavy atom. The van der Waals surface area contributed by atoms with Gasteiger partial charge in [-0.2, -0.15) is 0 Å². The van der Waals surface area contributed by atoms with Gasteiger partial charge in [-0.25, -0.2) is 0 Å². The van der Waals surface area contributed by atoms with Crippen LogP contribution in [0.2, 0.25) is 0 Å². The molecule has 0 saturated carbocycles. The Hall–Kier alpha value is -0.800. The van der Waals surface area contributed by atoms with Gasteiger partial charge in [-0.15, -0.1) is 0 Å². The summed E-state index contributed by atoms with van der Waals surface area (Å²) >= 11 is 0. The second-order valence-corrected chi connectivity index (χ2v) is 5.80. The SMILES string of the molecule is CCCCOCCn1cc2c(c1)C(NCC)CCCC2. The molecule has 20 heavy (non-hydrogen) atoms. The summed E-state index contributed by atoms with van der Waals surface area (Å²) in [6.07, 6.45) is 12.2. The highest BCUT2D eigenvalue weighted by molar-refractivity contribution is 5.29. The lowest BCUT2D eigenvalue weighted by atomic mass is 10.0. The zero-order valence-corrected chi connectivity index (χ0v) is 13.2. The van der Waals surface area contributed by atoms with E-state index in [9.17, 15) is 0 Å². The molecule has 114 valence electrons. The van der Waals surface area contributed by atoms with Gasteiger partial charge in [0.2, 0.25) is 0 Å². The summed E-state index contributed by atoms with van der Waals surface area (Å²) in [5.74, 6) is 0. The fraction of sp³-hybridized carbons (Fsp3) is 0.765. The van der Waals surface area contributed by atoms with Crippen LogP contribution in [0, 0.1) is 0 Å². The molecular weight excluding hydrogens is 248 g/mol. The lowest BCUT2D eigenvalue weighted by Gasteiger charge is -2.15. The number of nitrogens with one attached hydrogen (secondary N) is 1. The number of ether oxygens (including phenoxy) is 1. The molecule has 0 bridgehead atoms. The van der Waals surface area contributed by atoms with Crippen LogP contribution in [0.5, 0.6) is 0 Å². The van der Waals surface area contributed by atoms with Crippen LogP contribution in [0.25, 0.3) is 0 Å². The molecule has 1 heterocycles. The third kappa shape index (κ3) is 4.35. The first kappa shape index (κ1) is 15.6. The molecule has 1 atom stereocenters. The van der Waals surface area contributed by atoms with Crippen molar-refractivity contribution >= 4 is 0 Å². The molecule has 0 fully saturated rings. The largest absolute Gasteiger partial charge is 0.380 e. The fourth-order valence-corrected chi connectivity index (χ4v) is 3.02. The van der Waals surface area contributed by atoms with Crippen molar-refractivity contribution in [2.24, 2.45) is 0 Å². The first-order chi connectivity index (χ1) is 9.85. The number of fused-ring (bicyclic) bond motifs is 1. The average molecular weight is 278 g/mol. The van der Waals surface area contributed by atoms with E-state index in [0.717, 1.165) is 26.3 Å². The summed E-state index contributed by atoms with van der Waals surface area (Å²) in [5, 5.41) is 3.63. The molecule has 3 heteroatoms. The highest BCUT2D eigenvalue weighted by atomic mass is 16.5. The molecule has 0 amide bonds. The maximum atomic E-state index is 5.67. The minimum atomic E-state index is 0.555. The Morgan fingerprint density at radius 3 is 2.95 bits per heavy atom. The molecular formula is C17H30N2O. The van der Waals surface area contributed by atoms with Gasteiger partial charge in [0.1, 0.15) is 0 Å². The van der Waals surface area contributed by atoms with E-state index in [2.05, 4.69) is 36.1 Å². The van der Waals surface area contributed by atoms with Crippen molar-refractivity contribution in [1.82, 2.24) is 9.88 Å². The summed E-state index contributed by atoms with van der Waals surface area (Å²) in [6, 6.07) is 0.555. The normalized spacial score (nSPS) is 18.8. The minimum Gasteiger partial charge on any atom is -0.380 e. The van der Waals surface area contributed by atoms with Gasteiger partial charge in [-0.05, 0) is 43.4 Å². The van der Waals surface area contributed by atoms with Crippen LogP contribution in [0.4, 0.5) is 0 Å². The van der Waals surface area contributed by atoms with Gasteiger partial charge < -0.3 is 14.6 Å². The highest BCUT2D eigenvalue weighted by Crippen LogP contribution is 2.29. The van der Waals surface area contributed by atoms with E-state index in [1.54, 1.807) is 5.56 Å². The lowest BCUT2D eigenvalue weighted by Crippen LogP contribution is -2.20. The molecule has 1 N–H and O–H groups in total. The Labute approximate surface area is 123 Å². The zero-order chi connectivity index (χ0) is 14.2. The van der Waals surface area contributed by atoms with E-state index in [0.29, 0.717) is 6.04 Å². The van der Waals surface area contributed by atoms with Crippen molar-refractivity contribution < 1.29 is 4.74 Å². The number of nitrogens with zero attached hydrogens (tertiary/aromatic N) is 1. The van der Waals surface area contributed by atoms with Gasteiger partial charge in [-0.3, -0.25) is 0 Å². The van der Waals surface area contributed by atoms with Gasteiger partial charge in [-0.1, -0.05) is 26.7 Å². The molecule has 0 aliphatic heterocycles. The first-order valence-corrected chi connectivity index (χ1v) is 8.34. The zero-order valence-electron chi connectivity index (χ0n) is 13.2. The predicted octanol–water partition coefficient (Wildman–Crippen LogP) is 3.68. The molecule has 0 saturated heterocycles. The summed E-state index contributed by atoms with van der Waals surface area (Å²) in [5.41, 5.74) is 3.07. The van der Waals surface area contributed by atoms with Crippen LogP contribution >= 0.6 is 0 Å². The summed E-state index contributed by atoms with van der Waals surface area (Å²) in [6.45, 7) is 8.16. The standard InChI is InChI=1S/C17H30N2O/c1-3-5-11-20-12-10-19-13-15-8-6-7-9-17(18-4-2)16(15)14-19/h13-14,17-18H,3-12H2,1-2H3. The Bertz CT molecular complexity index is 386. The Balaban J connectivity index is 1.91. The molecule has 3 nitrogen and oxygen atoms in total. The van der Waals surface area contributed by atoms with Crippen LogP contribution in [0.15, 0.2) is 12.4 Å². The topological polar surface area (TPSA) is 26.2 Å². The van der Waals surface area contributed by atoms with Crippen molar-refractivity contribution in [3.05, 3.63) is 23.5 Å². The molecule has 1 aromatic rings. The molecule has 0 spiro atoms. The molecule has 1 unspecified atom stereocenters. The molecule has 1 aliphatic carbocycles. The number of hydrogen-bond donors (Lipinski definition) is 1. The summed E-state index contributed by atoms with van der Waals surface area (Å²) in [7, 11) is 0. The number of aromatic nitrogens is 1. The van der Waals surface area contributed by atoms with Gasteiger partial charge in [0.15, 0.2) is 0 Å².